The van der Waals surface area contributed by atoms with E-state index in [1.54, 1.807) is 0 Å². The number of amides is 2. The number of aliphatic hydroxyl groups excluding tert-OH is 9. The number of hydrogen-bond acceptors (Lipinski definition) is 20. The van der Waals surface area contributed by atoms with Gasteiger partial charge in [0, 0.05) is 26.8 Å². The first kappa shape index (κ1) is 44.9. The van der Waals surface area contributed by atoms with E-state index in [1.807, 2.05) is 0 Å². The van der Waals surface area contributed by atoms with Gasteiger partial charge in [-0.15, -0.1) is 0 Å². The van der Waals surface area contributed by atoms with Gasteiger partial charge in [-0.3, -0.25) is 9.59 Å². The molecule has 3 aliphatic rings. The van der Waals surface area contributed by atoms with E-state index < -0.39 is 142 Å². The molecule has 3 aliphatic heterocycles. The first-order chi connectivity index (χ1) is 23.0. The predicted molar refractivity (Wildman–Crippen MR) is 152 cm³/mol. The fourth-order valence-corrected chi connectivity index (χ4v) is 5.87. The number of nitrogens with two attached hydrogens (primary N) is 1. The minimum absolute atomic E-state index is 0. The molecule has 0 saturated carbocycles. The van der Waals surface area contributed by atoms with Crippen LogP contribution in [0.1, 0.15) is 20.3 Å². The zero-order valence-electron chi connectivity index (χ0n) is 27.6. The molecule has 2 amide bonds. The second-order valence-electron chi connectivity index (χ2n) is 11.9. The summed E-state index contributed by atoms with van der Waals surface area (Å²) in [5.74, 6) is -6.75. The third-order valence-corrected chi connectivity index (χ3v) is 8.23. The average Bonchev–Trinajstić information content (AvgIpc) is 3.05. The van der Waals surface area contributed by atoms with Crippen LogP contribution >= 0.6 is 0 Å². The van der Waals surface area contributed by atoms with Crippen LogP contribution in [0.15, 0.2) is 0 Å². The van der Waals surface area contributed by atoms with E-state index in [4.69, 9.17) is 34.2 Å². The first-order valence-electron chi connectivity index (χ1n) is 15.4. The minimum Gasteiger partial charge on any atom is -0.544 e. The summed E-state index contributed by atoms with van der Waals surface area (Å²) in [6.07, 6.45) is -25.3. The second kappa shape index (κ2) is 19.7. The molecule has 23 heteroatoms. The molecule has 16 unspecified atom stereocenters. The van der Waals surface area contributed by atoms with Crippen molar-refractivity contribution in [2.75, 3.05) is 33.0 Å². The molecule has 3 rings (SSSR count). The molecule has 16 atom stereocenters. The van der Waals surface area contributed by atoms with E-state index in [1.165, 1.54) is 0 Å². The molecule has 13 N–H and O–H groups in total. The average molecular weight is 740 g/mol. The Balaban J connectivity index is 0.00000867. The number of carbonyl (C=O) groups is 3. The molecule has 3 fully saturated rings. The Hall–Kier alpha value is -1.23. The molecule has 0 aromatic carbocycles. The molecule has 284 valence electrons. The smallest absolute Gasteiger partial charge is 0.544 e. The van der Waals surface area contributed by atoms with Crippen molar-refractivity contribution in [2.24, 2.45) is 5.73 Å². The molecule has 22 nitrogen and oxygen atoms in total. The number of ether oxygens (including phenoxy) is 6. The van der Waals surface area contributed by atoms with Gasteiger partial charge in [-0.25, -0.2) is 0 Å². The van der Waals surface area contributed by atoms with Crippen LogP contribution in [-0.2, 0) is 42.8 Å². The fraction of sp³-hybridized carbons (Fsp3) is 0.889. The Morgan fingerprint density at radius 3 is 2.00 bits per heavy atom. The molecule has 0 spiro atoms. The van der Waals surface area contributed by atoms with Crippen LogP contribution < -0.4 is 51.0 Å². The molecule has 0 radical (unpaired) electrons. The van der Waals surface area contributed by atoms with Crippen molar-refractivity contribution in [3.63, 3.8) is 0 Å². The first-order valence-corrected chi connectivity index (χ1v) is 15.4. The van der Waals surface area contributed by atoms with Crippen molar-refractivity contribution in [2.45, 2.75) is 118 Å². The number of aliphatic hydroxyl groups is 9. The van der Waals surface area contributed by atoms with Gasteiger partial charge in [0.2, 0.25) is 17.6 Å². The van der Waals surface area contributed by atoms with Gasteiger partial charge in [0.05, 0.1) is 38.6 Å². The molecular formula is C27H46N3NaO19. The van der Waals surface area contributed by atoms with Gasteiger partial charge in [0.15, 0.2) is 12.6 Å². The van der Waals surface area contributed by atoms with Crippen molar-refractivity contribution in [1.82, 2.24) is 10.6 Å². The molecule has 3 heterocycles. The van der Waals surface area contributed by atoms with E-state index in [-0.39, 0.29) is 42.7 Å². The van der Waals surface area contributed by atoms with E-state index in [0.29, 0.717) is 0 Å². The van der Waals surface area contributed by atoms with Gasteiger partial charge in [0.1, 0.15) is 73.1 Å². The van der Waals surface area contributed by atoms with E-state index in [2.05, 4.69) is 10.6 Å². The Morgan fingerprint density at radius 1 is 0.900 bits per heavy atom. The van der Waals surface area contributed by atoms with Gasteiger partial charge < -0.3 is 101 Å². The van der Waals surface area contributed by atoms with E-state index >= 15 is 0 Å². The summed E-state index contributed by atoms with van der Waals surface area (Å²) < 4.78 is 33.4. The van der Waals surface area contributed by atoms with Crippen LogP contribution in [0.4, 0.5) is 0 Å². The maximum atomic E-state index is 12.6. The van der Waals surface area contributed by atoms with Crippen LogP contribution in [0.5, 0.6) is 0 Å². The molecule has 0 aliphatic carbocycles. The number of nitrogens with one attached hydrogen (secondary N) is 2. The number of rotatable bonds is 15. The third kappa shape index (κ3) is 10.2. The monoisotopic (exact) mass is 739 g/mol. The summed E-state index contributed by atoms with van der Waals surface area (Å²) in [4.78, 5) is 36.3. The topological polar surface area (TPSA) is 362 Å². The number of carboxylic acids is 1. The van der Waals surface area contributed by atoms with E-state index in [9.17, 15) is 65.4 Å². The van der Waals surface area contributed by atoms with Crippen molar-refractivity contribution < 1.29 is 123 Å². The molecule has 0 bridgehead atoms. The van der Waals surface area contributed by atoms with Crippen molar-refractivity contribution in [3.05, 3.63) is 0 Å². The third-order valence-electron chi connectivity index (χ3n) is 8.23. The summed E-state index contributed by atoms with van der Waals surface area (Å²) >= 11 is 0. The van der Waals surface area contributed by atoms with Crippen LogP contribution in [0, 0.1) is 0 Å². The van der Waals surface area contributed by atoms with Gasteiger partial charge >= 0.3 is 29.6 Å². The van der Waals surface area contributed by atoms with Gasteiger partial charge in [-0.2, -0.15) is 0 Å². The quantitative estimate of drug-likeness (QED) is 0.0694. The standard InChI is InChI=1S/C27H47N3O19.Na/c1-9(34)29-15-11(36)5-27(26(42)43,48-22(15)17(38)12(37)6-31)49-23-18(39)13(7-32)45-25(20(23)41)47-21-14(8-33)46-24(44-4-3-28)16(19(21)40)30-10(2)35;/h11-25,31-33,36-41H,3-8,28H2,1-2H3,(H,29,34)(H,30,35)(H,42,43);/q;+1/p-1. The molecule has 0 aromatic heterocycles. The summed E-state index contributed by atoms with van der Waals surface area (Å²) in [5, 5.41) is 112. The van der Waals surface area contributed by atoms with Crippen molar-refractivity contribution >= 4 is 17.8 Å². The molecular weight excluding hydrogens is 693 g/mol. The number of carboxylic acid groups (broad SMARTS) is 1. The SMILES string of the molecule is CC(=O)NC1C(OCCN)OC(CO)C(OC2OC(CO)C(O)C(OC3(C(=O)[O-])CC(O)C(NC(C)=O)C(C(O)C(O)CO)O3)C2O)C1O.[Na+]. The Bertz CT molecular complexity index is 1110. The normalized spacial score (nSPS) is 40.2. The zero-order valence-corrected chi connectivity index (χ0v) is 29.6. The number of hydrogen-bond donors (Lipinski definition) is 12. The molecule has 3 saturated heterocycles. The minimum atomic E-state index is -3.14. The van der Waals surface area contributed by atoms with Gasteiger partial charge in [-0.05, 0) is 0 Å². The van der Waals surface area contributed by atoms with Gasteiger partial charge in [-0.1, -0.05) is 0 Å². The van der Waals surface area contributed by atoms with Crippen LogP contribution in [0.25, 0.3) is 0 Å². The van der Waals surface area contributed by atoms with Gasteiger partial charge in [0.25, 0.3) is 0 Å². The summed E-state index contributed by atoms with van der Waals surface area (Å²) in [7, 11) is 0. The maximum Gasteiger partial charge on any atom is 1.00 e. The molecule has 50 heavy (non-hydrogen) atoms. The van der Waals surface area contributed by atoms with Crippen LogP contribution in [0.3, 0.4) is 0 Å². The Labute approximate surface area is 307 Å². The van der Waals surface area contributed by atoms with Crippen molar-refractivity contribution in [3.8, 4) is 0 Å². The second-order valence-corrected chi connectivity index (χ2v) is 11.9. The molecule has 0 aromatic rings. The fourth-order valence-electron chi connectivity index (χ4n) is 5.87. The predicted octanol–water partition coefficient (Wildman–Crippen LogP) is -12.4. The summed E-state index contributed by atoms with van der Waals surface area (Å²) in [6, 6.07) is -2.90. The van der Waals surface area contributed by atoms with E-state index in [0.717, 1.165) is 13.8 Å². The Kier molecular flexibility index (Phi) is 17.7. The van der Waals surface area contributed by atoms with Crippen molar-refractivity contribution in [1.29, 1.82) is 0 Å². The largest absolute Gasteiger partial charge is 1.00 e. The van der Waals surface area contributed by atoms with Crippen LogP contribution in [-0.4, -0.2) is 194 Å². The summed E-state index contributed by atoms with van der Waals surface area (Å²) in [6.45, 7) is -0.744. The number of carbonyl (C=O) groups excluding carboxylic acids is 3. The number of aliphatic carboxylic acids is 1. The Morgan fingerprint density at radius 2 is 1.48 bits per heavy atom. The van der Waals surface area contributed by atoms with Crippen LogP contribution in [0.2, 0.25) is 0 Å². The summed E-state index contributed by atoms with van der Waals surface area (Å²) in [5.41, 5.74) is 5.47. The zero-order chi connectivity index (χ0) is 36.8. The maximum absolute atomic E-state index is 12.6.